The van der Waals surface area contributed by atoms with Gasteiger partial charge < -0.3 is 20.4 Å². The quantitative estimate of drug-likeness (QED) is 0.464. The maximum atomic E-state index is 11.5. The van der Waals surface area contributed by atoms with Gasteiger partial charge in [0.25, 0.3) is 0 Å². The third-order valence-corrected chi connectivity index (χ3v) is 10.8. The van der Waals surface area contributed by atoms with Crippen LogP contribution in [0.3, 0.4) is 0 Å². The van der Waals surface area contributed by atoms with Crippen molar-refractivity contribution in [1.82, 2.24) is 0 Å². The summed E-state index contributed by atoms with van der Waals surface area (Å²) in [7, 11) is 0. The van der Waals surface area contributed by atoms with E-state index >= 15 is 0 Å². The molecule has 4 saturated carbocycles. The second-order valence-corrected chi connectivity index (χ2v) is 13.2. The Kier molecular flexibility index (Phi) is 6.30. The Morgan fingerprint density at radius 2 is 1.70 bits per heavy atom. The Labute approximate surface area is 191 Å². The van der Waals surface area contributed by atoms with Gasteiger partial charge in [-0.2, -0.15) is 0 Å². The molecule has 4 fully saturated rings. The molecule has 4 nitrogen and oxygen atoms in total. The van der Waals surface area contributed by atoms with Crippen molar-refractivity contribution in [2.75, 3.05) is 0 Å². The first-order valence-electron chi connectivity index (χ1n) is 12.0. The van der Waals surface area contributed by atoms with Crippen LogP contribution >= 0.6 is 23.2 Å². The molecule has 6 heteroatoms. The molecule has 0 aromatic carbocycles. The van der Waals surface area contributed by atoms with Crippen molar-refractivity contribution in [2.45, 2.75) is 101 Å². The van der Waals surface area contributed by atoms with Gasteiger partial charge in [-0.3, -0.25) is 0 Å². The number of alkyl halides is 2. The summed E-state index contributed by atoms with van der Waals surface area (Å²) in [5, 5.41) is 42.8. The van der Waals surface area contributed by atoms with Crippen molar-refractivity contribution in [1.29, 1.82) is 0 Å². The van der Waals surface area contributed by atoms with E-state index in [-0.39, 0.29) is 35.1 Å². The van der Waals surface area contributed by atoms with Gasteiger partial charge in [-0.05, 0) is 97.7 Å². The Morgan fingerprint density at radius 1 is 1.00 bits per heavy atom. The molecular weight excluding hydrogens is 423 g/mol. The van der Waals surface area contributed by atoms with E-state index in [1.54, 1.807) is 0 Å². The lowest BCUT2D eigenvalue weighted by atomic mass is 9.43. The summed E-state index contributed by atoms with van der Waals surface area (Å²) in [5.41, 5.74) is -0.126. The van der Waals surface area contributed by atoms with Gasteiger partial charge in [0.2, 0.25) is 4.52 Å². The summed E-state index contributed by atoms with van der Waals surface area (Å²) >= 11 is 11.6. The zero-order chi connectivity index (χ0) is 22.1. The monoisotopic (exact) mass is 462 g/mol. The third-order valence-electron chi connectivity index (χ3n) is 10.4. The van der Waals surface area contributed by atoms with Crippen molar-refractivity contribution in [3.8, 4) is 0 Å². The van der Waals surface area contributed by atoms with E-state index in [1.165, 1.54) is 0 Å². The largest absolute Gasteiger partial charge is 0.393 e. The number of hydrogen-bond donors (Lipinski definition) is 4. The van der Waals surface area contributed by atoms with Crippen molar-refractivity contribution >= 4 is 23.2 Å². The van der Waals surface area contributed by atoms with Crippen molar-refractivity contribution in [3.05, 3.63) is 0 Å². The van der Waals surface area contributed by atoms with Crippen LogP contribution in [0.5, 0.6) is 0 Å². The lowest BCUT2D eigenvalue weighted by Gasteiger charge is -2.63. The molecule has 0 aromatic heterocycles. The standard InChI is InChI=1S/C24H40Cl2O4/c1-13(6-9-24(25,26)30)16-4-5-17-21-18(12-20(29)23(16,17)3)22(2)8-7-15(27)10-14(22)11-19(21)28/h13-21,27-30H,4-12H2,1-3H3/t13-,14-,15+,16+,17?,18?,19?,20-,21?,22-,23+/m0/s1. The van der Waals surface area contributed by atoms with Gasteiger partial charge in [0, 0.05) is 6.42 Å². The van der Waals surface area contributed by atoms with E-state index < -0.39 is 4.52 Å². The van der Waals surface area contributed by atoms with Crippen LogP contribution in [0.25, 0.3) is 0 Å². The molecule has 0 heterocycles. The summed E-state index contributed by atoms with van der Waals surface area (Å²) in [5.74, 6) is 1.82. The first-order valence-corrected chi connectivity index (χ1v) is 12.8. The van der Waals surface area contributed by atoms with Crippen molar-refractivity contribution < 1.29 is 20.4 Å². The van der Waals surface area contributed by atoms with E-state index in [2.05, 4.69) is 20.8 Å². The number of aliphatic hydroxyl groups is 4. The lowest BCUT2D eigenvalue weighted by Crippen LogP contribution is -2.62. The minimum absolute atomic E-state index is 0.100. The summed E-state index contributed by atoms with van der Waals surface area (Å²) in [6, 6.07) is 0. The number of fused-ring (bicyclic) bond motifs is 5. The fraction of sp³-hybridized carbons (Fsp3) is 1.00. The number of rotatable bonds is 4. The summed E-state index contributed by atoms with van der Waals surface area (Å²) < 4.78 is -1.70. The highest BCUT2D eigenvalue weighted by molar-refractivity contribution is 6.46. The molecule has 0 bridgehead atoms. The maximum absolute atomic E-state index is 11.5. The van der Waals surface area contributed by atoms with Crippen LogP contribution in [0.1, 0.15) is 78.6 Å². The molecule has 0 radical (unpaired) electrons. The molecule has 11 atom stereocenters. The average molecular weight is 463 g/mol. The van der Waals surface area contributed by atoms with Crippen LogP contribution < -0.4 is 0 Å². The number of aliphatic hydroxyl groups excluding tert-OH is 3. The number of hydrogen-bond acceptors (Lipinski definition) is 4. The molecular formula is C24H40Cl2O4. The molecule has 0 saturated heterocycles. The Hall–Kier alpha value is 0.420. The van der Waals surface area contributed by atoms with Crippen molar-refractivity contribution in [3.63, 3.8) is 0 Å². The Morgan fingerprint density at radius 3 is 2.37 bits per heavy atom. The Balaban J connectivity index is 1.59. The fourth-order valence-electron chi connectivity index (χ4n) is 8.73. The highest BCUT2D eigenvalue weighted by atomic mass is 35.5. The van der Waals surface area contributed by atoms with Crippen LogP contribution in [-0.2, 0) is 0 Å². The molecule has 0 aromatic rings. The molecule has 0 amide bonds. The summed E-state index contributed by atoms with van der Waals surface area (Å²) in [6.45, 7) is 6.79. The van der Waals surface area contributed by atoms with Gasteiger partial charge in [0.05, 0.1) is 18.3 Å². The normalized spacial score (nSPS) is 52.3. The zero-order valence-electron chi connectivity index (χ0n) is 18.6. The molecule has 4 unspecified atom stereocenters. The number of halogens is 2. The summed E-state index contributed by atoms with van der Waals surface area (Å²) in [6.07, 6.45) is 6.28. The first-order chi connectivity index (χ1) is 13.9. The molecule has 4 N–H and O–H groups in total. The van der Waals surface area contributed by atoms with E-state index in [4.69, 9.17) is 23.2 Å². The second-order valence-electron chi connectivity index (χ2n) is 11.7. The van der Waals surface area contributed by atoms with Crippen LogP contribution in [0, 0.1) is 46.3 Å². The Bertz CT molecular complexity index is 639. The molecule has 0 spiro atoms. The van der Waals surface area contributed by atoms with Crippen molar-refractivity contribution in [2.24, 2.45) is 46.3 Å². The molecule has 4 aliphatic rings. The van der Waals surface area contributed by atoms with Crippen LogP contribution in [0.4, 0.5) is 0 Å². The highest BCUT2D eigenvalue weighted by Gasteiger charge is 2.65. The predicted octanol–water partition coefficient (Wildman–Crippen LogP) is 4.49. The van der Waals surface area contributed by atoms with Gasteiger partial charge in [0.1, 0.15) is 0 Å². The molecule has 4 rings (SSSR count). The second kappa shape index (κ2) is 8.02. The SMILES string of the molecule is C[C@@H](CCC(O)(Cl)Cl)[C@H]1CCC2C3C(O)C[C@@H]4C[C@H](O)CC[C@]4(C)C3C[C@H](O)[C@@]21C. The molecule has 174 valence electrons. The molecule has 0 aliphatic heterocycles. The molecule has 4 aliphatic carbocycles. The first kappa shape index (κ1) is 23.6. The minimum atomic E-state index is -1.70. The lowest BCUT2D eigenvalue weighted by molar-refractivity contribution is -0.207. The van der Waals surface area contributed by atoms with E-state index in [1.807, 2.05) is 0 Å². The average Bonchev–Trinajstić information content (AvgIpc) is 3.00. The predicted molar refractivity (Wildman–Crippen MR) is 119 cm³/mol. The topological polar surface area (TPSA) is 80.9 Å². The van der Waals surface area contributed by atoms with Crippen LogP contribution in [-0.4, -0.2) is 43.3 Å². The van der Waals surface area contributed by atoms with Gasteiger partial charge in [-0.25, -0.2) is 0 Å². The van der Waals surface area contributed by atoms with E-state index in [0.29, 0.717) is 36.0 Å². The highest BCUT2D eigenvalue weighted by Crippen LogP contribution is 2.68. The van der Waals surface area contributed by atoms with E-state index in [9.17, 15) is 20.4 Å². The van der Waals surface area contributed by atoms with Crippen LogP contribution in [0.2, 0.25) is 0 Å². The van der Waals surface area contributed by atoms with Gasteiger partial charge >= 0.3 is 0 Å². The van der Waals surface area contributed by atoms with Gasteiger partial charge in [-0.1, -0.05) is 44.0 Å². The minimum Gasteiger partial charge on any atom is -0.393 e. The van der Waals surface area contributed by atoms with Crippen LogP contribution in [0.15, 0.2) is 0 Å². The van der Waals surface area contributed by atoms with Gasteiger partial charge in [0.15, 0.2) is 0 Å². The third kappa shape index (κ3) is 3.76. The summed E-state index contributed by atoms with van der Waals surface area (Å²) in [4.78, 5) is 0. The zero-order valence-corrected chi connectivity index (χ0v) is 20.1. The fourth-order valence-corrected chi connectivity index (χ4v) is 8.95. The maximum Gasteiger partial charge on any atom is 0.214 e. The smallest absolute Gasteiger partial charge is 0.214 e. The van der Waals surface area contributed by atoms with E-state index in [0.717, 1.165) is 51.4 Å². The molecule has 30 heavy (non-hydrogen) atoms. The van der Waals surface area contributed by atoms with Gasteiger partial charge in [-0.15, -0.1) is 0 Å².